The zero-order valence-electron chi connectivity index (χ0n) is 13.8. The highest BCUT2D eigenvalue weighted by molar-refractivity contribution is 5.87. The number of benzene rings is 2. The third-order valence-electron chi connectivity index (χ3n) is 3.80. The van der Waals surface area contributed by atoms with Crippen LogP contribution >= 0.6 is 0 Å². The van der Waals surface area contributed by atoms with E-state index in [0.29, 0.717) is 5.56 Å². The van der Waals surface area contributed by atoms with Crippen LogP contribution in [0.3, 0.4) is 0 Å². The predicted molar refractivity (Wildman–Crippen MR) is 86.3 cm³/mol. The average Bonchev–Trinajstić information content (AvgIpc) is 2.57. The molecule has 144 valence electrons. The summed E-state index contributed by atoms with van der Waals surface area (Å²) < 4.78 is 64.9. The fourth-order valence-corrected chi connectivity index (χ4v) is 2.40. The molecule has 0 spiro atoms. The van der Waals surface area contributed by atoms with Crippen LogP contribution in [0.1, 0.15) is 16.7 Å². The van der Waals surface area contributed by atoms with E-state index in [1.165, 1.54) is 0 Å². The smallest absolute Gasteiger partial charge is 0.368 e. The molecule has 0 bridgehead atoms. The molecule has 0 fully saturated rings. The molecule has 4 nitrogen and oxygen atoms in total. The molecule has 2 aromatic carbocycles. The van der Waals surface area contributed by atoms with Crippen LogP contribution in [0, 0.1) is 11.6 Å². The topological polar surface area (TPSA) is 72.2 Å². The van der Waals surface area contributed by atoms with Gasteiger partial charge >= 0.3 is 6.18 Å². The number of rotatable bonds is 6. The number of carbonyl (C=O) groups is 2. The minimum atomic E-state index is -4.50. The van der Waals surface area contributed by atoms with Gasteiger partial charge in [0.15, 0.2) is 0 Å². The Bertz CT molecular complexity index is 814. The van der Waals surface area contributed by atoms with Crippen LogP contribution in [0.2, 0.25) is 0 Å². The molecule has 3 N–H and O–H groups in total. The molecule has 2 amide bonds. The van der Waals surface area contributed by atoms with E-state index in [1.54, 1.807) is 0 Å². The van der Waals surface area contributed by atoms with E-state index in [-0.39, 0.29) is 6.42 Å². The molecule has 0 aliphatic rings. The van der Waals surface area contributed by atoms with Crippen LogP contribution in [0.25, 0.3) is 0 Å². The zero-order valence-corrected chi connectivity index (χ0v) is 13.8. The van der Waals surface area contributed by atoms with Crippen molar-refractivity contribution in [1.82, 2.24) is 5.32 Å². The summed E-state index contributed by atoms with van der Waals surface area (Å²) in [4.78, 5) is 23.5. The van der Waals surface area contributed by atoms with Crippen LogP contribution in [-0.4, -0.2) is 17.9 Å². The van der Waals surface area contributed by atoms with Gasteiger partial charge in [-0.2, -0.15) is 13.2 Å². The summed E-state index contributed by atoms with van der Waals surface area (Å²) in [6, 6.07) is 5.85. The van der Waals surface area contributed by atoms with Crippen molar-refractivity contribution in [2.75, 3.05) is 0 Å². The summed E-state index contributed by atoms with van der Waals surface area (Å²) in [6.45, 7) is 0. The summed E-state index contributed by atoms with van der Waals surface area (Å²) in [6.07, 6.45) is -5.33. The average molecular weight is 386 g/mol. The fourth-order valence-electron chi connectivity index (χ4n) is 2.40. The summed E-state index contributed by atoms with van der Waals surface area (Å²) in [5.41, 5.74) is 4.20. The molecule has 0 radical (unpaired) electrons. The highest BCUT2D eigenvalue weighted by atomic mass is 19.4. The third kappa shape index (κ3) is 5.50. The van der Waals surface area contributed by atoms with Crippen LogP contribution in [-0.2, 0) is 28.6 Å². The summed E-state index contributed by atoms with van der Waals surface area (Å²) in [5.74, 6) is -3.61. The Kier molecular flexibility index (Phi) is 6.14. The maximum atomic E-state index is 13.6. The number of hydrogen-bond acceptors (Lipinski definition) is 2. The second-order valence-electron chi connectivity index (χ2n) is 5.80. The molecule has 0 aliphatic heterocycles. The van der Waals surface area contributed by atoms with Crippen LogP contribution in [0.15, 0.2) is 42.5 Å². The lowest BCUT2D eigenvalue weighted by Crippen LogP contribution is -2.46. The van der Waals surface area contributed by atoms with Crippen LogP contribution < -0.4 is 11.1 Å². The van der Waals surface area contributed by atoms with Crippen molar-refractivity contribution in [2.45, 2.75) is 25.1 Å². The van der Waals surface area contributed by atoms with Crippen molar-refractivity contribution in [3.8, 4) is 0 Å². The Labute approximate surface area is 151 Å². The van der Waals surface area contributed by atoms with Gasteiger partial charge in [0.25, 0.3) is 0 Å². The fraction of sp³-hybridized carbons (Fsp3) is 0.222. The van der Waals surface area contributed by atoms with Gasteiger partial charge in [-0.1, -0.05) is 18.2 Å². The number of nitrogens with two attached hydrogens (primary N) is 1. The normalized spacial score (nSPS) is 12.5. The van der Waals surface area contributed by atoms with E-state index in [4.69, 9.17) is 5.73 Å². The molecule has 0 unspecified atom stereocenters. The number of hydrogen-bond donors (Lipinski definition) is 2. The standard InChI is InChI=1S/C18H15F5N2O2/c19-13-2-1-3-14(20)12(13)9-16(26)25-15(17(24)27)8-10-4-6-11(7-5-10)18(21,22)23/h1-7,15H,8-9H2,(H2,24,27)(H,25,26)/t15-/m1/s1. The molecule has 9 heteroatoms. The van der Waals surface area contributed by atoms with Crippen molar-refractivity contribution < 1.29 is 31.5 Å². The summed E-state index contributed by atoms with van der Waals surface area (Å²) in [7, 11) is 0. The highest BCUT2D eigenvalue weighted by Gasteiger charge is 2.30. The molecule has 0 saturated heterocycles. The van der Waals surface area contributed by atoms with Crippen molar-refractivity contribution >= 4 is 11.8 Å². The zero-order chi connectivity index (χ0) is 20.2. The first-order valence-electron chi connectivity index (χ1n) is 7.75. The van der Waals surface area contributed by atoms with E-state index in [9.17, 15) is 31.5 Å². The second kappa shape index (κ2) is 8.15. The highest BCUT2D eigenvalue weighted by Crippen LogP contribution is 2.29. The maximum absolute atomic E-state index is 13.6. The monoisotopic (exact) mass is 386 g/mol. The first-order valence-corrected chi connectivity index (χ1v) is 7.75. The summed E-state index contributed by atoms with van der Waals surface area (Å²) >= 11 is 0. The van der Waals surface area contributed by atoms with E-state index >= 15 is 0 Å². The molecule has 0 aromatic heterocycles. The van der Waals surface area contributed by atoms with Gasteiger partial charge in [-0.05, 0) is 29.8 Å². The van der Waals surface area contributed by atoms with Gasteiger partial charge in [0, 0.05) is 12.0 Å². The Balaban J connectivity index is 2.07. The molecular weight excluding hydrogens is 371 g/mol. The van der Waals surface area contributed by atoms with Gasteiger partial charge in [0.2, 0.25) is 11.8 Å². The molecule has 27 heavy (non-hydrogen) atoms. The minimum Gasteiger partial charge on any atom is -0.368 e. The number of primary amides is 1. The van der Waals surface area contributed by atoms with E-state index in [1.807, 2.05) is 0 Å². The van der Waals surface area contributed by atoms with E-state index in [0.717, 1.165) is 42.5 Å². The second-order valence-corrected chi connectivity index (χ2v) is 5.80. The largest absolute Gasteiger partial charge is 0.416 e. The number of alkyl halides is 3. The summed E-state index contributed by atoms with van der Waals surface area (Å²) in [5, 5.41) is 2.24. The molecule has 2 aromatic rings. The van der Waals surface area contributed by atoms with Gasteiger partial charge in [-0.25, -0.2) is 8.78 Å². The Morgan fingerprint density at radius 1 is 1.00 bits per heavy atom. The SMILES string of the molecule is NC(=O)[C@@H](Cc1ccc(C(F)(F)F)cc1)NC(=O)Cc1c(F)cccc1F. The Morgan fingerprint density at radius 3 is 2.04 bits per heavy atom. The maximum Gasteiger partial charge on any atom is 0.416 e. The van der Waals surface area contributed by atoms with E-state index in [2.05, 4.69) is 5.32 Å². The lowest BCUT2D eigenvalue weighted by Gasteiger charge is -2.16. The molecular formula is C18H15F5N2O2. The predicted octanol–water partition coefficient (Wildman–Crippen LogP) is 2.74. The van der Waals surface area contributed by atoms with Crippen LogP contribution in [0.4, 0.5) is 22.0 Å². The Morgan fingerprint density at radius 2 is 1.56 bits per heavy atom. The number of halogens is 5. The first kappa shape index (κ1) is 20.3. The number of amides is 2. The Hall–Kier alpha value is -2.97. The van der Waals surface area contributed by atoms with Gasteiger partial charge in [-0.3, -0.25) is 9.59 Å². The van der Waals surface area contributed by atoms with Crippen molar-refractivity contribution in [1.29, 1.82) is 0 Å². The van der Waals surface area contributed by atoms with Crippen molar-refractivity contribution in [3.05, 3.63) is 70.8 Å². The molecule has 0 aliphatic carbocycles. The van der Waals surface area contributed by atoms with Gasteiger partial charge < -0.3 is 11.1 Å². The van der Waals surface area contributed by atoms with Gasteiger partial charge in [0.1, 0.15) is 17.7 Å². The molecule has 2 rings (SSSR count). The molecule has 0 heterocycles. The minimum absolute atomic E-state index is 0.168. The van der Waals surface area contributed by atoms with E-state index < -0.39 is 53.2 Å². The molecule has 1 atom stereocenters. The number of nitrogens with one attached hydrogen (secondary N) is 1. The quantitative estimate of drug-likeness (QED) is 0.750. The van der Waals surface area contributed by atoms with Crippen molar-refractivity contribution in [3.63, 3.8) is 0 Å². The lowest BCUT2D eigenvalue weighted by molar-refractivity contribution is -0.137. The lowest BCUT2D eigenvalue weighted by atomic mass is 10.0. The first-order chi connectivity index (χ1) is 12.6. The number of carbonyl (C=O) groups excluding carboxylic acids is 2. The third-order valence-corrected chi connectivity index (χ3v) is 3.80. The van der Waals surface area contributed by atoms with Crippen molar-refractivity contribution in [2.24, 2.45) is 5.73 Å². The van der Waals surface area contributed by atoms with Crippen LogP contribution in [0.5, 0.6) is 0 Å². The molecule has 0 saturated carbocycles. The van der Waals surface area contributed by atoms with Gasteiger partial charge in [0.05, 0.1) is 12.0 Å². The van der Waals surface area contributed by atoms with Gasteiger partial charge in [-0.15, -0.1) is 0 Å².